The molecule has 0 aromatic heterocycles. The lowest BCUT2D eigenvalue weighted by atomic mass is 10.2. The summed E-state index contributed by atoms with van der Waals surface area (Å²) in [5.41, 5.74) is 1.18. The number of methoxy groups -OCH3 is 1. The Morgan fingerprint density at radius 1 is 0.912 bits per heavy atom. The van der Waals surface area contributed by atoms with Crippen molar-refractivity contribution in [3.63, 3.8) is 0 Å². The minimum atomic E-state index is -3.80. The third-order valence-electron chi connectivity index (χ3n) is 4.57. The largest absolute Gasteiger partial charge is 0.494 e. The van der Waals surface area contributed by atoms with Crippen LogP contribution in [0.1, 0.15) is 17.3 Å². The van der Waals surface area contributed by atoms with Gasteiger partial charge in [0.2, 0.25) is 0 Å². The van der Waals surface area contributed by atoms with Crippen molar-refractivity contribution in [2.24, 2.45) is 0 Å². The molecule has 34 heavy (non-hydrogen) atoms. The van der Waals surface area contributed by atoms with Crippen LogP contribution in [0, 0.1) is 0 Å². The van der Waals surface area contributed by atoms with Crippen molar-refractivity contribution >= 4 is 43.2 Å². The molecule has 0 fully saturated rings. The van der Waals surface area contributed by atoms with Crippen LogP contribution in [0.5, 0.6) is 11.5 Å². The number of benzene rings is 3. The fourth-order valence-electron chi connectivity index (χ4n) is 2.96. The van der Waals surface area contributed by atoms with Gasteiger partial charge in [-0.1, -0.05) is 15.9 Å². The van der Waals surface area contributed by atoms with Crippen LogP contribution in [0.3, 0.4) is 0 Å². The highest BCUT2D eigenvalue weighted by Gasteiger charge is 2.17. The van der Waals surface area contributed by atoms with Gasteiger partial charge in [0.1, 0.15) is 18.1 Å². The molecule has 10 heteroatoms. The number of sulfonamides is 1. The normalized spacial score (nSPS) is 11.0. The number of hydrogen-bond acceptors (Lipinski definition) is 6. The van der Waals surface area contributed by atoms with Crippen LogP contribution in [0.2, 0.25) is 0 Å². The summed E-state index contributed by atoms with van der Waals surface area (Å²) in [5, 5.41) is 2.76. The highest BCUT2D eigenvalue weighted by atomic mass is 79.9. The molecule has 0 unspecified atom stereocenters. The molecule has 3 aromatic rings. The predicted molar refractivity (Wildman–Crippen MR) is 134 cm³/mol. The van der Waals surface area contributed by atoms with Crippen LogP contribution in [-0.4, -0.2) is 41.3 Å². The average molecular weight is 549 g/mol. The molecule has 1 amide bonds. The first kappa shape index (κ1) is 25.5. The van der Waals surface area contributed by atoms with Crippen molar-refractivity contribution in [1.29, 1.82) is 0 Å². The van der Waals surface area contributed by atoms with Crippen LogP contribution in [0.25, 0.3) is 0 Å². The van der Waals surface area contributed by atoms with E-state index in [1.165, 1.54) is 24.3 Å². The fraction of sp³-hybridized carbons (Fsp3) is 0.208. The Morgan fingerprint density at radius 3 is 2.24 bits per heavy atom. The van der Waals surface area contributed by atoms with Crippen LogP contribution in [0.15, 0.2) is 76.1 Å². The van der Waals surface area contributed by atoms with E-state index in [0.29, 0.717) is 48.3 Å². The Labute approximate surface area is 207 Å². The Kier molecular flexibility index (Phi) is 8.91. The highest BCUT2D eigenvalue weighted by Crippen LogP contribution is 2.25. The maximum atomic E-state index is 12.8. The maximum Gasteiger partial charge on any atom is 0.261 e. The van der Waals surface area contributed by atoms with E-state index in [9.17, 15) is 13.2 Å². The lowest BCUT2D eigenvalue weighted by Gasteiger charge is -2.13. The second kappa shape index (κ2) is 11.9. The van der Waals surface area contributed by atoms with E-state index in [1.807, 2.05) is 6.92 Å². The summed E-state index contributed by atoms with van der Waals surface area (Å²) in [7, 11) is -2.24. The molecular weight excluding hydrogens is 524 g/mol. The molecule has 0 bridgehead atoms. The van der Waals surface area contributed by atoms with E-state index in [4.69, 9.17) is 14.2 Å². The number of amides is 1. The summed E-state index contributed by atoms with van der Waals surface area (Å²) >= 11 is 3.36. The molecule has 0 aliphatic rings. The number of carbonyl (C=O) groups is 1. The molecule has 8 nitrogen and oxygen atoms in total. The van der Waals surface area contributed by atoms with E-state index in [-0.39, 0.29) is 4.90 Å². The number of ether oxygens (including phenoxy) is 3. The molecular formula is C24H25BrN2O6S. The lowest BCUT2D eigenvalue weighted by Crippen LogP contribution is -2.16. The van der Waals surface area contributed by atoms with Crippen molar-refractivity contribution in [1.82, 2.24) is 0 Å². The molecule has 0 atom stereocenters. The molecule has 0 aliphatic carbocycles. The zero-order chi connectivity index (χ0) is 24.6. The molecule has 0 aliphatic heterocycles. The SMILES string of the molecule is CCOc1ccc(NS(=O)(=O)c2ccc(NC(=O)c3cc(Br)ccc3OCCOC)cc2)cc1. The van der Waals surface area contributed by atoms with Crippen LogP contribution >= 0.6 is 15.9 Å². The second-order valence-corrected chi connectivity index (χ2v) is 9.62. The van der Waals surface area contributed by atoms with Gasteiger partial charge in [0, 0.05) is 23.0 Å². The molecule has 0 saturated heterocycles. The number of rotatable bonds is 11. The van der Waals surface area contributed by atoms with Gasteiger partial charge in [-0.25, -0.2) is 8.42 Å². The second-order valence-electron chi connectivity index (χ2n) is 7.02. The number of nitrogens with one attached hydrogen (secondary N) is 2. The molecule has 0 radical (unpaired) electrons. The Hall–Kier alpha value is -3.08. The first-order valence-electron chi connectivity index (χ1n) is 10.4. The molecule has 0 saturated carbocycles. The van der Waals surface area contributed by atoms with E-state index in [0.717, 1.165) is 4.47 Å². The fourth-order valence-corrected chi connectivity index (χ4v) is 4.38. The quantitative estimate of drug-likeness (QED) is 0.329. The summed E-state index contributed by atoms with van der Waals surface area (Å²) in [5.74, 6) is 0.677. The predicted octanol–water partition coefficient (Wildman–Crippen LogP) is 4.93. The van der Waals surface area contributed by atoms with Crippen LogP contribution in [-0.2, 0) is 14.8 Å². The average Bonchev–Trinajstić information content (AvgIpc) is 2.82. The first-order valence-corrected chi connectivity index (χ1v) is 12.7. The van der Waals surface area contributed by atoms with Crippen molar-refractivity contribution in [3.05, 3.63) is 76.8 Å². The van der Waals surface area contributed by atoms with Gasteiger partial charge in [0.15, 0.2) is 0 Å². The van der Waals surface area contributed by atoms with Gasteiger partial charge in [-0.05, 0) is 73.7 Å². The van der Waals surface area contributed by atoms with Crippen molar-refractivity contribution < 1.29 is 27.4 Å². The minimum Gasteiger partial charge on any atom is -0.494 e. The highest BCUT2D eigenvalue weighted by molar-refractivity contribution is 9.10. The molecule has 2 N–H and O–H groups in total. The van der Waals surface area contributed by atoms with Gasteiger partial charge in [-0.15, -0.1) is 0 Å². The van der Waals surface area contributed by atoms with E-state index in [2.05, 4.69) is 26.0 Å². The molecule has 0 heterocycles. The third kappa shape index (κ3) is 6.96. The van der Waals surface area contributed by atoms with Gasteiger partial charge in [0.25, 0.3) is 15.9 Å². The summed E-state index contributed by atoms with van der Waals surface area (Å²) < 4.78 is 44.6. The zero-order valence-corrected chi connectivity index (χ0v) is 21.1. The molecule has 180 valence electrons. The number of carbonyl (C=O) groups excluding carboxylic acids is 1. The zero-order valence-electron chi connectivity index (χ0n) is 18.7. The Bertz CT molecular complexity index is 1220. The number of hydrogen-bond donors (Lipinski definition) is 2. The van der Waals surface area contributed by atoms with Crippen molar-refractivity contribution in [2.45, 2.75) is 11.8 Å². The Morgan fingerprint density at radius 2 is 1.59 bits per heavy atom. The minimum absolute atomic E-state index is 0.0606. The maximum absolute atomic E-state index is 12.8. The van der Waals surface area contributed by atoms with E-state index >= 15 is 0 Å². The summed E-state index contributed by atoms with van der Waals surface area (Å²) in [6.07, 6.45) is 0. The molecule has 0 spiro atoms. The van der Waals surface area contributed by atoms with Crippen LogP contribution in [0.4, 0.5) is 11.4 Å². The number of halogens is 1. The van der Waals surface area contributed by atoms with Gasteiger partial charge >= 0.3 is 0 Å². The van der Waals surface area contributed by atoms with Crippen molar-refractivity contribution in [2.75, 3.05) is 37.0 Å². The third-order valence-corrected chi connectivity index (χ3v) is 6.46. The summed E-state index contributed by atoms with van der Waals surface area (Å²) in [6.45, 7) is 3.08. The van der Waals surface area contributed by atoms with Gasteiger partial charge < -0.3 is 19.5 Å². The van der Waals surface area contributed by atoms with Gasteiger partial charge in [-0.2, -0.15) is 0 Å². The van der Waals surface area contributed by atoms with Crippen molar-refractivity contribution in [3.8, 4) is 11.5 Å². The lowest BCUT2D eigenvalue weighted by molar-refractivity contribution is 0.101. The molecule has 3 rings (SSSR count). The number of anilines is 2. The first-order chi connectivity index (χ1) is 16.3. The Balaban J connectivity index is 1.69. The monoisotopic (exact) mass is 548 g/mol. The van der Waals surface area contributed by atoms with Gasteiger partial charge in [0.05, 0.1) is 23.7 Å². The standard InChI is InChI=1S/C24H25BrN2O6S/c1-3-32-20-9-5-19(6-10-20)27-34(29,30)21-11-7-18(8-12-21)26-24(28)22-16-17(25)4-13-23(22)33-15-14-31-2/h4-13,16,27H,3,14-15H2,1-2H3,(H,26,28). The smallest absolute Gasteiger partial charge is 0.261 e. The van der Waals surface area contributed by atoms with E-state index in [1.54, 1.807) is 49.6 Å². The summed E-state index contributed by atoms with van der Waals surface area (Å²) in [4.78, 5) is 12.9. The molecule has 3 aromatic carbocycles. The van der Waals surface area contributed by atoms with Gasteiger partial charge in [-0.3, -0.25) is 9.52 Å². The summed E-state index contributed by atoms with van der Waals surface area (Å²) in [6, 6.07) is 17.6. The van der Waals surface area contributed by atoms with E-state index < -0.39 is 15.9 Å². The topological polar surface area (TPSA) is 103 Å². The van der Waals surface area contributed by atoms with Crippen LogP contribution < -0.4 is 19.5 Å².